The Kier molecular flexibility index (Phi) is 1.62. The Morgan fingerprint density at radius 3 is 2.67 bits per heavy atom. The highest BCUT2D eigenvalue weighted by atomic mass is 35.5. The summed E-state index contributed by atoms with van der Waals surface area (Å²) < 4.78 is 9.19. The first-order valence-electron chi connectivity index (χ1n) is 2.35. The van der Waals surface area contributed by atoms with E-state index in [0.717, 1.165) is 0 Å². The molecule has 50 valence electrons. The second-order valence-electron chi connectivity index (χ2n) is 1.52. The number of hydrogen-bond acceptors (Lipinski definition) is 3. The molecule has 4 heteroatoms. The molecule has 0 spiro atoms. The van der Waals surface area contributed by atoms with Crippen LogP contribution in [0.2, 0.25) is 0 Å². The number of halogens is 1. The van der Waals surface area contributed by atoms with Gasteiger partial charge in [0.15, 0.2) is 17.4 Å². The lowest BCUT2D eigenvalue weighted by molar-refractivity contribution is -0.135. The third-order valence-electron chi connectivity index (χ3n) is 1.00. The molecule has 0 aliphatic carbocycles. The Bertz CT molecular complexity index is 173. The normalized spacial score (nSPS) is 18.2. The van der Waals surface area contributed by atoms with Gasteiger partial charge in [-0.2, -0.15) is 0 Å². The molecule has 9 heavy (non-hydrogen) atoms. The van der Waals surface area contributed by atoms with E-state index in [1.54, 1.807) is 0 Å². The predicted octanol–water partition coefficient (Wildman–Crippen LogP) is 0.640. The highest BCUT2D eigenvalue weighted by molar-refractivity contribution is 6.42. The monoisotopic (exact) mass is 148 g/mol. The maximum atomic E-state index is 10.5. The Morgan fingerprint density at radius 1 is 1.78 bits per heavy atom. The molecule has 1 aliphatic rings. The molecule has 0 N–H and O–H groups in total. The molecule has 0 aromatic carbocycles. The molecule has 1 aliphatic heterocycles. The number of methoxy groups -OCH3 is 1. The number of rotatable bonds is 1. The second kappa shape index (κ2) is 2.27. The van der Waals surface area contributed by atoms with Gasteiger partial charge in [0.05, 0.1) is 7.11 Å². The SMILES string of the molecule is COC1=C(Cl)C(=O)OC1. The van der Waals surface area contributed by atoms with Gasteiger partial charge >= 0.3 is 5.97 Å². The van der Waals surface area contributed by atoms with Crippen molar-refractivity contribution in [1.29, 1.82) is 0 Å². The van der Waals surface area contributed by atoms with Crippen LogP contribution in [0.5, 0.6) is 0 Å². The Balaban J connectivity index is 2.79. The zero-order valence-corrected chi connectivity index (χ0v) is 5.57. The molecule has 0 saturated heterocycles. The van der Waals surface area contributed by atoms with Crippen molar-refractivity contribution >= 4 is 17.6 Å². The predicted molar refractivity (Wildman–Crippen MR) is 30.8 cm³/mol. The first-order chi connectivity index (χ1) is 4.25. The van der Waals surface area contributed by atoms with Gasteiger partial charge < -0.3 is 9.47 Å². The second-order valence-corrected chi connectivity index (χ2v) is 1.90. The van der Waals surface area contributed by atoms with Crippen LogP contribution in [0.3, 0.4) is 0 Å². The van der Waals surface area contributed by atoms with Gasteiger partial charge in [0.1, 0.15) is 0 Å². The summed E-state index contributed by atoms with van der Waals surface area (Å²) in [7, 11) is 1.44. The minimum absolute atomic E-state index is 0.0532. The van der Waals surface area contributed by atoms with E-state index in [1.165, 1.54) is 7.11 Å². The molecule has 0 unspecified atom stereocenters. The number of cyclic esters (lactones) is 1. The van der Waals surface area contributed by atoms with Crippen molar-refractivity contribution in [2.45, 2.75) is 0 Å². The molecule has 0 aromatic heterocycles. The van der Waals surface area contributed by atoms with E-state index in [0.29, 0.717) is 5.76 Å². The van der Waals surface area contributed by atoms with Gasteiger partial charge in [-0.15, -0.1) is 0 Å². The van der Waals surface area contributed by atoms with Crippen molar-refractivity contribution in [1.82, 2.24) is 0 Å². The van der Waals surface area contributed by atoms with E-state index in [2.05, 4.69) is 4.74 Å². The maximum Gasteiger partial charge on any atom is 0.353 e. The van der Waals surface area contributed by atoms with Gasteiger partial charge in [0.2, 0.25) is 0 Å². The standard InChI is InChI=1S/C5H5ClO3/c1-8-3-2-9-5(7)4(3)6/h2H2,1H3. The molecule has 0 fully saturated rings. The third kappa shape index (κ3) is 1.00. The van der Waals surface area contributed by atoms with Gasteiger partial charge in [0.25, 0.3) is 0 Å². The van der Waals surface area contributed by atoms with Gasteiger partial charge in [-0.25, -0.2) is 4.79 Å². The molecule has 0 amide bonds. The zero-order valence-electron chi connectivity index (χ0n) is 4.81. The Hall–Kier alpha value is -0.700. The summed E-state index contributed by atoms with van der Waals surface area (Å²) in [5.41, 5.74) is 0. The molecule has 0 bridgehead atoms. The smallest absolute Gasteiger partial charge is 0.353 e. The quantitative estimate of drug-likeness (QED) is 0.512. The van der Waals surface area contributed by atoms with E-state index >= 15 is 0 Å². The van der Waals surface area contributed by atoms with Crippen LogP contribution in [-0.4, -0.2) is 19.7 Å². The average Bonchev–Trinajstić information content (AvgIpc) is 2.15. The van der Waals surface area contributed by atoms with Gasteiger partial charge in [0, 0.05) is 0 Å². The fourth-order valence-corrected chi connectivity index (χ4v) is 0.706. The topological polar surface area (TPSA) is 35.5 Å². The number of hydrogen-bond donors (Lipinski definition) is 0. The Labute approximate surface area is 57.2 Å². The first-order valence-corrected chi connectivity index (χ1v) is 2.73. The van der Waals surface area contributed by atoms with E-state index in [9.17, 15) is 4.79 Å². The molecule has 0 atom stereocenters. The van der Waals surface area contributed by atoms with Gasteiger partial charge in [-0.3, -0.25) is 0 Å². The first kappa shape index (κ1) is 6.42. The number of ether oxygens (including phenoxy) is 2. The molecule has 1 rings (SSSR count). The highest BCUT2D eigenvalue weighted by Crippen LogP contribution is 2.18. The fourth-order valence-electron chi connectivity index (χ4n) is 0.520. The van der Waals surface area contributed by atoms with E-state index in [4.69, 9.17) is 16.3 Å². The molecule has 0 saturated carbocycles. The van der Waals surface area contributed by atoms with Crippen LogP contribution in [0.15, 0.2) is 10.8 Å². The van der Waals surface area contributed by atoms with Crippen LogP contribution in [0.1, 0.15) is 0 Å². The van der Waals surface area contributed by atoms with E-state index in [1.807, 2.05) is 0 Å². The van der Waals surface area contributed by atoms with Crippen molar-refractivity contribution in [2.75, 3.05) is 13.7 Å². The van der Waals surface area contributed by atoms with Crippen LogP contribution >= 0.6 is 11.6 Å². The molecule has 0 aromatic rings. The fraction of sp³-hybridized carbons (Fsp3) is 0.400. The van der Waals surface area contributed by atoms with Crippen LogP contribution in [0, 0.1) is 0 Å². The molecular weight excluding hydrogens is 144 g/mol. The van der Waals surface area contributed by atoms with E-state index in [-0.39, 0.29) is 11.6 Å². The van der Waals surface area contributed by atoms with Crippen molar-refractivity contribution in [2.24, 2.45) is 0 Å². The lowest BCUT2D eigenvalue weighted by atomic mass is 10.5. The summed E-state index contributed by atoms with van der Waals surface area (Å²) in [6, 6.07) is 0. The maximum absolute atomic E-state index is 10.5. The zero-order chi connectivity index (χ0) is 6.85. The lowest BCUT2D eigenvalue weighted by Gasteiger charge is -1.93. The average molecular weight is 149 g/mol. The Morgan fingerprint density at radius 2 is 2.44 bits per heavy atom. The lowest BCUT2D eigenvalue weighted by Crippen LogP contribution is -1.93. The molecule has 0 radical (unpaired) electrons. The van der Waals surface area contributed by atoms with E-state index < -0.39 is 5.97 Å². The molecule has 3 nitrogen and oxygen atoms in total. The summed E-state index contributed by atoms with van der Waals surface area (Å²) in [6.07, 6.45) is 0. The number of carbonyl (C=O) groups is 1. The third-order valence-corrected chi connectivity index (χ3v) is 1.37. The summed E-state index contributed by atoms with van der Waals surface area (Å²) in [4.78, 5) is 10.5. The number of carbonyl (C=O) groups excluding carboxylic acids is 1. The summed E-state index contributed by atoms with van der Waals surface area (Å²) in [5, 5.41) is 0.0532. The minimum atomic E-state index is -0.506. The highest BCUT2D eigenvalue weighted by Gasteiger charge is 2.23. The van der Waals surface area contributed by atoms with Crippen LogP contribution in [-0.2, 0) is 14.3 Å². The molecule has 1 heterocycles. The van der Waals surface area contributed by atoms with Crippen molar-refractivity contribution in [3.63, 3.8) is 0 Å². The van der Waals surface area contributed by atoms with Crippen LogP contribution in [0.4, 0.5) is 0 Å². The van der Waals surface area contributed by atoms with Gasteiger partial charge in [-0.1, -0.05) is 11.6 Å². The van der Waals surface area contributed by atoms with Crippen molar-refractivity contribution in [3.8, 4) is 0 Å². The number of esters is 1. The molecular formula is C5H5ClO3. The van der Waals surface area contributed by atoms with Crippen LogP contribution < -0.4 is 0 Å². The summed E-state index contributed by atoms with van der Waals surface area (Å²) in [6.45, 7) is 0.161. The summed E-state index contributed by atoms with van der Waals surface area (Å²) >= 11 is 5.41. The van der Waals surface area contributed by atoms with Crippen LogP contribution in [0.25, 0.3) is 0 Å². The van der Waals surface area contributed by atoms with Crippen molar-refractivity contribution in [3.05, 3.63) is 10.8 Å². The minimum Gasteiger partial charge on any atom is -0.496 e. The summed E-state index contributed by atoms with van der Waals surface area (Å²) in [5.74, 6) is -0.102. The van der Waals surface area contributed by atoms with Gasteiger partial charge in [-0.05, 0) is 0 Å². The van der Waals surface area contributed by atoms with Crippen molar-refractivity contribution < 1.29 is 14.3 Å². The largest absolute Gasteiger partial charge is 0.496 e.